The number of fused-ring (bicyclic) bond motifs is 3. The highest BCUT2D eigenvalue weighted by Gasteiger charge is 2.24. The molecule has 1 aliphatic rings. The summed E-state index contributed by atoms with van der Waals surface area (Å²) in [6, 6.07) is 14.0. The van der Waals surface area contributed by atoms with Crippen LogP contribution in [-0.4, -0.2) is 29.4 Å². The molecular formula is C20H19BrN2O2. The third kappa shape index (κ3) is 3.16. The van der Waals surface area contributed by atoms with Crippen LogP contribution >= 0.6 is 15.9 Å². The van der Waals surface area contributed by atoms with Gasteiger partial charge < -0.3 is 14.6 Å². The van der Waals surface area contributed by atoms with Gasteiger partial charge in [0.1, 0.15) is 5.75 Å². The van der Waals surface area contributed by atoms with Crippen molar-refractivity contribution >= 4 is 32.7 Å². The van der Waals surface area contributed by atoms with E-state index in [1.165, 1.54) is 10.9 Å². The molecule has 2 heterocycles. The minimum absolute atomic E-state index is 0.171. The first-order valence-corrected chi connectivity index (χ1v) is 9.13. The predicted octanol–water partition coefficient (Wildman–Crippen LogP) is 4.07. The van der Waals surface area contributed by atoms with Crippen molar-refractivity contribution in [2.75, 3.05) is 13.7 Å². The van der Waals surface area contributed by atoms with Crippen molar-refractivity contribution in [1.82, 2.24) is 9.88 Å². The second-order valence-corrected chi connectivity index (χ2v) is 7.28. The van der Waals surface area contributed by atoms with Gasteiger partial charge in [0, 0.05) is 27.6 Å². The van der Waals surface area contributed by atoms with Crippen LogP contribution in [0.1, 0.15) is 16.8 Å². The van der Waals surface area contributed by atoms with Crippen molar-refractivity contribution in [2.24, 2.45) is 0 Å². The first kappa shape index (κ1) is 16.2. The molecule has 4 nitrogen and oxygen atoms in total. The lowest BCUT2D eigenvalue weighted by Gasteiger charge is -2.27. The Bertz CT molecular complexity index is 931. The van der Waals surface area contributed by atoms with Crippen LogP contribution in [0.4, 0.5) is 0 Å². The lowest BCUT2D eigenvalue weighted by atomic mass is 10.0. The SMILES string of the molecule is COc1ccc2[nH]c3c(c2c1)CCN(C(=O)Cc1ccc(Br)cc1)C3. The third-order valence-electron chi connectivity index (χ3n) is 4.80. The molecule has 1 aromatic heterocycles. The van der Waals surface area contributed by atoms with E-state index in [9.17, 15) is 4.79 Å². The molecule has 25 heavy (non-hydrogen) atoms. The maximum atomic E-state index is 12.7. The topological polar surface area (TPSA) is 45.3 Å². The van der Waals surface area contributed by atoms with Gasteiger partial charge in [-0.2, -0.15) is 0 Å². The van der Waals surface area contributed by atoms with Crippen molar-refractivity contribution in [1.29, 1.82) is 0 Å². The van der Waals surface area contributed by atoms with Crippen molar-refractivity contribution in [3.63, 3.8) is 0 Å². The molecule has 0 fully saturated rings. The average Bonchev–Trinajstić information content (AvgIpc) is 3.00. The summed E-state index contributed by atoms with van der Waals surface area (Å²) >= 11 is 3.42. The molecule has 4 rings (SSSR count). The molecule has 0 aliphatic carbocycles. The van der Waals surface area contributed by atoms with E-state index in [1.54, 1.807) is 7.11 Å². The van der Waals surface area contributed by atoms with Crippen LogP contribution < -0.4 is 4.74 Å². The largest absolute Gasteiger partial charge is 0.497 e. The third-order valence-corrected chi connectivity index (χ3v) is 5.33. The molecule has 2 aromatic carbocycles. The number of aromatic nitrogens is 1. The van der Waals surface area contributed by atoms with Crippen LogP contribution in [-0.2, 0) is 24.2 Å². The number of benzene rings is 2. The summed E-state index contributed by atoms with van der Waals surface area (Å²) in [5, 5.41) is 1.20. The van der Waals surface area contributed by atoms with E-state index in [4.69, 9.17) is 4.74 Å². The number of aromatic amines is 1. The second kappa shape index (κ2) is 6.56. The van der Waals surface area contributed by atoms with Gasteiger partial charge in [0.05, 0.1) is 20.1 Å². The van der Waals surface area contributed by atoms with Gasteiger partial charge in [0.15, 0.2) is 0 Å². The Hall–Kier alpha value is -2.27. The number of nitrogens with one attached hydrogen (secondary N) is 1. The van der Waals surface area contributed by atoms with Crippen LogP contribution in [0, 0.1) is 0 Å². The predicted molar refractivity (Wildman–Crippen MR) is 102 cm³/mol. The standard InChI is InChI=1S/C20H19BrN2O2/c1-25-15-6-7-18-17(11-15)16-8-9-23(12-19(16)22-18)20(24)10-13-2-4-14(21)5-3-13/h2-7,11,22H,8-10,12H2,1H3. The number of amides is 1. The summed E-state index contributed by atoms with van der Waals surface area (Å²) in [5.74, 6) is 1.03. The molecule has 0 atom stereocenters. The number of carbonyl (C=O) groups is 1. The minimum Gasteiger partial charge on any atom is -0.497 e. The molecule has 0 unspecified atom stereocenters. The fourth-order valence-electron chi connectivity index (χ4n) is 3.45. The highest BCUT2D eigenvalue weighted by molar-refractivity contribution is 9.10. The Morgan fingerprint density at radius 2 is 2.04 bits per heavy atom. The van der Waals surface area contributed by atoms with Crippen molar-refractivity contribution in [3.05, 3.63) is 63.8 Å². The van der Waals surface area contributed by atoms with Gasteiger partial charge in [-0.1, -0.05) is 28.1 Å². The van der Waals surface area contributed by atoms with Gasteiger partial charge in [-0.05, 0) is 47.9 Å². The monoisotopic (exact) mass is 398 g/mol. The second-order valence-electron chi connectivity index (χ2n) is 6.36. The smallest absolute Gasteiger partial charge is 0.227 e. The number of hydrogen-bond acceptors (Lipinski definition) is 2. The maximum Gasteiger partial charge on any atom is 0.227 e. The number of H-pyrrole nitrogens is 1. The van der Waals surface area contributed by atoms with Crippen molar-refractivity contribution < 1.29 is 9.53 Å². The van der Waals surface area contributed by atoms with Gasteiger partial charge in [-0.25, -0.2) is 0 Å². The fraction of sp³-hybridized carbons (Fsp3) is 0.250. The normalized spacial score (nSPS) is 13.8. The van der Waals surface area contributed by atoms with E-state index in [1.807, 2.05) is 41.3 Å². The molecule has 0 radical (unpaired) electrons. The summed E-state index contributed by atoms with van der Waals surface area (Å²) in [6.07, 6.45) is 1.31. The van der Waals surface area contributed by atoms with Gasteiger partial charge in [0.25, 0.3) is 0 Å². The number of nitrogens with zero attached hydrogens (tertiary/aromatic N) is 1. The van der Waals surface area contributed by atoms with Crippen LogP contribution in [0.15, 0.2) is 46.9 Å². The maximum absolute atomic E-state index is 12.7. The molecule has 0 saturated heterocycles. The zero-order chi connectivity index (χ0) is 17.4. The van der Waals surface area contributed by atoms with Crippen LogP contribution in [0.3, 0.4) is 0 Å². The summed E-state index contributed by atoms with van der Waals surface area (Å²) in [6.45, 7) is 1.40. The Balaban J connectivity index is 1.54. The molecular weight excluding hydrogens is 380 g/mol. The van der Waals surface area contributed by atoms with E-state index < -0.39 is 0 Å². The Morgan fingerprint density at radius 1 is 1.24 bits per heavy atom. The number of hydrogen-bond donors (Lipinski definition) is 1. The molecule has 5 heteroatoms. The molecule has 0 bridgehead atoms. The van der Waals surface area contributed by atoms with E-state index in [0.717, 1.165) is 40.0 Å². The molecule has 1 amide bonds. The van der Waals surface area contributed by atoms with E-state index >= 15 is 0 Å². The van der Waals surface area contributed by atoms with Gasteiger partial charge in [0.2, 0.25) is 5.91 Å². The molecule has 0 saturated carbocycles. The van der Waals surface area contributed by atoms with Crippen molar-refractivity contribution in [3.8, 4) is 5.75 Å². The van der Waals surface area contributed by atoms with E-state index in [-0.39, 0.29) is 5.91 Å². The van der Waals surface area contributed by atoms with E-state index in [0.29, 0.717) is 13.0 Å². The Morgan fingerprint density at radius 3 is 2.80 bits per heavy atom. The average molecular weight is 399 g/mol. The summed E-state index contributed by atoms with van der Waals surface area (Å²) < 4.78 is 6.36. The Kier molecular flexibility index (Phi) is 4.25. The van der Waals surface area contributed by atoms with Crippen molar-refractivity contribution in [2.45, 2.75) is 19.4 Å². The fourth-order valence-corrected chi connectivity index (χ4v) is 3.71. The number of methoxy groups -OCH3 is 1. The van der Waals surface area contributed by atoms with Gasteiger partial charge in [-0.15, -0.1) is 0 Å². The number of ether oxygens (including phenoxy) is 1. The Labute approximate surface area is 154 Å². The summed E-state index contributed by atoms with van der Waals surface area (Å²) in [7, 11) is 1.68. The molecule has 1 aliphatic heterocycles. The lowest BCUT2D eigenvalue weighted by Crippen LogP contribution is -2.36. The molecule has 3 aromatic rings. The number of halogens is 1. The highest BCUT2D eigenvalue weighted by Crippen LogP contribution is 2.30. The van der Waals surface area contributed by atoms with Crippen LogP contribution in [0.2, 0.25) is 0 Å². The highest BCUT2D eigenvalue weighted by atomic mass is 79.9. The number of carbonyl (C=O) groups excluding carboxylic acids is 1. The van der Waals surface area contributed by atoms with Crippen LogP contribution in [0.5, 0.6) is 5.75 Å². The summed E-state index contributed by atoms with van der Waals surface area (Å²) in [5.41, 5.74) is 4.59. The van der Waals surface area contributed by atoms with Gasteiger partial charge in [-0.3, -0.25) is 4.79 Å². The first-order chi connectivity index (χ1) is 12.1. The van der Waals surface area contributed by atoms with Gasteiger partial charge >= 0.3 is 0 Å². The number of rotatable bonds is 3. The molecule has 0 spiro atoms. The lowest BCUT2D eigenvalue weighted by molar-refractivity contribution is -0.131. The minimum atomic E-state index is 0.171. The van der Waals surface area contributed by atoms with Crippen LogP contribution in [0.25, 0.3) is 10.9 Å². The van der Waals surface area contributed by atoms with E-state index in [2.05, 4.69) is 27.0 Å². The summed E-state index contributed by atoms with van der Waals surface area (Å²) in [4.78, 5) is 18.1. The molecule has 1 N–H and O–H groups in total. The quantitative estimate of drug-likeness (QED) is 0.722. The zero-order valence-electron chi connectivity index (χ0n) is 14.0. The first-order valence-electron chi connectivity index (χ1n) is 8.34. The molecule has 128 valence electrons. The zero-order valence-corrected chi connectivity index (χ0v) is 15.6.